The fourth-order valence-corrected chi connectivity index (χ4v) is 1.86. The van der Waals surface area contributed by atoms with Gasteiger partial charge in [0.1, 0.15) is 0 Å². The number of thioether (sulfide) groups is 1. The Bertz CT molecular complexity index is 246. The largest absolute Gasteiger partial charge is 0.481 e. The lowest BCUT2D eigenvalue weighted by molar-refractivity contribution is -0.141. The molecule has 0 aromatic carbocycles. The maximum Gasteiger partial charge on any atom is 0.306 e. The van der Waals surface area contributed by atoms with Crippen molar-refractivity contribution in [1.29, 1.82) is 0 Å². The Balaban J connectivity index is 3.62. The minimum atomic E-state index is -0.748. The molecule has 100 valence electrons. The predicted octanol–water partition coefficient (Wildman–Crippen LogP) is 2.14. The summed E-state index contributed by atoms with van der Waals surface area (Å²) in [4.78, 5) is 22.0. The highest BCUT2D eigenvalue weighted by Crippen LogP contribution is 2.09. The first-order valence-electron chi connectivity index (χ1n) is 5.98. The van der Waals surface area contributed by atoms with E-state index in [9.17, 15) is 9.59 Å². The smallest absolute Gasteiger partial charge is 0.306 e. The van der Waals surface area contributed by atoms with Crippen molar-refractivity contribution >= 4 is 23.6 Å². The van der Waals surface area contributed by atoms with Crippen molar-refractivity contribution in [2.45, 2.75) is 45.6 Å². The number of carbonyl (C=O) groups is 2. The lowest BCUT2D eigenvalue weighted by Gasteiger charge is -2.14. The van der Waals surface area contributed by atoms with Crippen LogP contribution in [0.1, 0.15) is 39.5 Å². The van der Waals surface area contributed by atoms with E-state index in [0.717, 1.165) is 18.6 Å². The maximum atomic E-state index is 11.4. The Hall–Kier alpha value is -0.710. The van der Waals surface area contributed by atoms with Gasteiger partial charge >= 0.3 is 5.97 Å². The van der Waals surface area contributed by atoms with Gasteiger partial charge < -0.3 is 10.4 Å². The van der Waals surface area contributed by atoms with Gasteiger partial charge in [-0.05, 0) is 26.0 Å². The number of hydrogen-bond donors (Lipinski definition) is 2. The number of carboxylic acids is 1. The SMILES string of the molecule is CSCCC(=O)NC(C)CCCC(C)C(=O)O. The Morgan fingerprint density at radius 2 is 1.94 bits per heavy atom. The number of carbonyl (C=O) groups excluding carboxylic acids is 1. The van der Waals surface area contributed by atoms with Crippen LogP contribution in [0.4, 0.5) is 0 Å². The molecule has 0 aliphatic carbocycles. The van der Waals surface area contributed by atoms with Crippen molar-refractivity contribution < 1.29 is 14.7 Å². The van der Waals surface area contributed by atoms with Crippen molar-refractivity contribution in [1.82, 2.24) is 5.32 Å². The standard InChI is InChI=1S/C12H23NO3S/c1-9(12(15)16)5-4-6-10(2)13-11(14)7-8-17-3/h9-10H,4-8H2,1-3H3,(H,13,14)(H,15,16). The highest BCUT2D eigenvalue weighted by molar-refractivity contribution is 7.98. The van der Waals surface area contributed by atoms with E-state index in [1.807, 2.05) is 13.2 Å². The average molecular weight is 261 g/mol. The van der Waals surface area contributed by atoms with Gasteiger partial charge in [0.25, 0.3) is 0 Å². The number of hydrogen-bond acceptors (Lipinski definition) is 3. The lowest BCUT2D eigenvalue weighted by atomic mass is 10.0. The fraction of sp³-hybridized carbons (Fsp3) is 0.833. The molecule has 0 radical (unpaired) electrons. The van der Waals surface area contributed by atoms with Crippen LogP contribution in [0.25, 0.3) is 0 Å². The third-order valence-corrected chi connectivity index (χ3v) is 3.25. The number of rotatable bonds is 9. The van der Waals surface area contributed by atoms with E-state index in [0.29, 0.717) is 12.8 Å². The van der Waals surface area contributed by atoms with Gasteiger partial charge in [-0.15, -0.1) is 0 Å². The highest BCUT2D eigenvalue weighted by atomic mass is 32.2. The molecule has 0 heterocycles. The maximum absolute atomic E-state index is 11.4. The van der Waals surface area contributed by atoms with Crippen LogP contribution < -0.4 is 5.32 Å². The van der Waals surface area contributed by atoms with Gasteiger partial charge in [0.05, 0.1) is 5.92 Å². The Morgan fingerprint density at radius 1 is 1.29 bits per heavy atom. The summed E-state index contributed by atoms with van der Waals surface area (Å²) in [6.45, 7) is 3.67. The summed E-state index contributed by atoms with van der Waals surface area (Å²) in [5, 5.41) is 11.6. The van der Waals surface area contributed by atoms with Crippen molar-refractivity contribution in [3.63, 3.8) is 0 Å². The first kappa shape index (κ1) is 16.3. The zero-order chi connectivity index (χ0) is 13.3. The third kappa shape index (κ3) is 9.03. The number of nitrogens with one attached hydrogen (secondary N) is 1. The molecule has 0 bridgehead atoms. The molecule has 2 N–H and O–H groups in total. The molecule has 0 aromatic rings. The molecule has 0 saturated heterocycles. The molecule has 2 atom stereocenters. The summed E-state index contributed by atoms with van der Waals surface area (Å²) in [6.07, 6.45) is 4.86. The van der Waals surface area contributed by atoms with Crippen molar-refractivity contribution in [2.75, 3.05) is 12.0 Å². The Labute approximate surface area is 108 Å². The van der Waals surface area contributed by atoms with E-state index in [4.69, 9.17) is 5.11 Å². The topological polar surface area (TPSA) is 66.4 Å². The van der Waals surface area contributed by atoms with E-state index in [1.54, 1.807) is 18.7 Å². The molecule has 4 nitrogen and oxygen atoms in total. The lowest BCUT2D eigenvalue weighted by Crippen LogP contribution is -2.32. The van der Waals surface area contributed by atoms with Crippen LogP contribution >= 0.6 is 11.8 Å². The minimum Gasteiger partial charge on any atom is -0.481 e. The summed E-state index contributed by atoms with van der Waals surface area (Å²) < 4.78 is 0. The molecule has 0 aromatic heterocycles. The summed E-state index contributed by atoms with van der Waals surface area (Å²) in [6, 6.07) is 0.130. The summed E-state index contributed by atoms with van der Waals surface area (Å²) in [7, 11) is 0. The number of aliphatic carboxylic acids is 1. The molecule has 0 saturated carbocycles. The van der Waals surface area contributed by atoms with Gasteiger partial charge in [0.2, 0.25) is 5.91 Å². The van der Waals surface area contributed by atoms with Crippen molar-refractivity contribution in [2.24, 2.45) is 5.92 Å². The molecular formula is C12H23NO3S. The number of amides is 1. The second-order valence-electron chi connectivity index (χ2n) is 4.38. The average Bonchev–Trinajstić information content (AvgIpc) is 2.25. The zero-order valence-electron chi connectivity index (χ0n) is 10.9. The predicted molar refractivity (Wildman–Crippen MR) is 71.3 cm³/mol. The number of carboxylic acid groups (broad SMARTS) is 1. The fourth-order valence-electron chi connectivity index (χ4n) is 1.47. The van der Waals surface area contributed by atoms with Gasteiger partial charge in [-0.25, -0.2) is 0 Å². The van der Waals surface area contributed by atoms with Crippen LogP contribution in [0.2, 0.25) is 0 Å². The molecule has 1 amide bonds. The van der Waals surface area contributed by atoms with Gasteiger partial charge in [-0.1, -0.05) is 13.3 Å². The van der Waals surface area contributed by atoms with Gasteiger partial charge in [-0.3, -0.25) is 9.59 Å². The van der Waals surface area contributed by atoms with Gasteiger partial charge in [0.15, 0.2) is 0 Å². The zero-order valence-corrected chi connectivity index (χ0v) is 11.7. The van der Waals surface area contributed by atoms with Crippen LogP contribution in [-0.2, 0) is 9.59 Å². The third-order valence-electron chi connectivity index (χ3n) is 2.64. The molecular weight excluding hydrogens is 238 g/mol. The normalized spacial score (nSPS) is 14.1. The molecule has 2 unspecified atom stereocenters. The molecule has 17 heavy (non-hydrogen) atoms. The van der Waals surface area contributed by atoms with Crippen LogP contribution in [0.5, 0.6) is 0 Å². The minimum absolute atomic E-state index is 0.0816. The van der Waals surface area contributed by atoms with E-state index >= 15 is 0 Å². The summed E-state index contributed by atoms with van der Waals surface area (Å²) in [5.41, 5.74) is 0. The second-order valence-corrected chi connectivity index (χ2v) is 5.37. The molecule has 0 rings (SSSR count). The quantitative estimate of drug-likeness (QED) is 0.667. The summed E-state index contributed by atoms with van der Waals surface area (Å²) >= 11 is 1.66. The van der Waals surface area contributed by atoms with E-state index in [-0.39, 0.29) is 17.9 Å². The second kappa shape index (κ2) is 9.33. The van der Waals surface area contributed by atoms with Crippen LogP contribution in [-0.4, -0.2) is 35.0 Å². The van der Waals surface area contributed by atoms with E-state index in [2.05, 4.69) is 5.32 Å². The van der Waals surface area contributed by atoms with Gasteiger partial charge in [-0.2, -0.15) is 11.8 Å². The molecule has 0 spiro atoms. The first-order valence-corrected chi connectivity index (χ1v) is 7.37. The van der Waals surface area contributed by atoms with E-state index < -0.39 is 5.97 Å². The molecule has 0 fully saturated rings. The monoisotopic (exact) mass is 261 g/mol. The Morgan fingerprint density at radius 3 is 2.47 bits per heavy atom. The summed E-state index contributed by atoms with van der Waals surface area (Å²) in [5.74, 6) is -0.122. The van der Waals surface area contributed by atoms with Gasteiger partial charge in [0, 0.05) is 18.2 Å². The van der Waals surface area contributed by atoms with Crippen LogP contribution in [0.15, 0.2) is 0 Å². The first-order chi connectivity index (χ1) is 7.97. The van der Waals surface area contributed by atoms with Crippen molar-refractivity contribution in [3.8, 4) is 0 Å². The van der Waals surface area contributed by atoms with Crippen LogP contribution in [0.3, 0.4) is 0 Å². The molecule has 5 heteroatoms. The highest BCUT2D eigenvalue weighted by Gasteiger charge is 2.12. The van der Waals surface area contributed by atoms with Crippen LogP contribution in [0, 0.1) is 5.92 Å². The van der Waals surface area contributed by atoms with E-state index in [1.165, 1.54) is 0 Å². The Kier molecular flexibility index (Phi) is 8.94. The molecule has 0 aliphatic heterocycles. The molecule has 0 aliphatic rings. The van der Waals surface area contributed by atoms with Crippen molar-refractivity contribution in [3.05, 3.63) is 0 Å².